The minimum atomic E-state index is -0.0953. The Bertz CT molecular complexity index is 669. The van der Waals surface area contributed by atoms with Gasteiger partial charge in [-0.25, -0.2) is 0 Å². The van der Waals surface area contributed by atoms with Gasteiger partial charge in [-0.1, -0.05) is 12.1 Å². The quantitative estimate of drug-likeness (QED) is 0.938. The molecule has 2 aromatic carbocycles. The highest BCUT2D eigenvalue weighted by atomic mass is 16.7. The van der Waals surface area contributed by atoms with Crippen molar-refractivity contribution < 1.29 is 19.0 Å². The molecule has 0 bridgehead atoms. The number of anilines is 1. The van der Waals surface area contributed by atoms with Crippen LogP contribution in [0.3, 0.4) is 0 Å². The molecule has 1 aliphatic rings. The van der Waals surface area contributed by atoms with Crippen LogP contribution in [0.4, 0.5) is 5.69 Å². The van der Waals surface area contributed by atoms with E-state index >= 15 is 0 Å². The lowest BCUT2D eigenvalue weighted by Crippen LogP contribution is -2.14. The van der Waals surface area contributed by atoms with Gasteiger partial charge < -0.3 is 19.5 Å². The van der Waals surface area contributed by atoms with E-state index < -0.39 is 0 Å². The molecule has 0 fully saturated rings. The van der Waals surface area contributed by atoms with Crippen molar-refractivity contribution in [1.29, 1.82) is 0 Å². The van der Waals surface area contributed by atoms with E-state index in [0.29, 0.717) is 22.9 Å². The number of benzene rings is 2. The molecular formula is C16H15NO4. The van der Waals surface area contributed by atoms with Gasteiger partial charge in [0.05, 0.1) is 13.5 Å². The van der Waals surface area contributed by atoms with Crippen LogP contribution in [-0.4, -0.2) is 19.8 Å². The molecule has 1 heterocycles. The molecule has 108 valence electrons. The first-order valence-electron chi connectivity index (χ1n) is 6.57. The lowest BCUT2D eigenvalue weighted by molar-refractivity contribution is -0.115. The Morgan fingerprint density at radius 1 is 1.19 bits per heavy atom. The number of carbonyl (C=O) groups excluding carboxylic acids is 1. The van der Waals surface area contributed by atoms with Gasteiger partial charge in [0.25, 0.3) is 0 Å². The lowest BCUT2D eigenvalue weighted by atomic mass is 10.1. The maximum absolute atomic E-state index is 12.1. The molecule has 0 aliphatic carbocycles. The summed E-state index contributed by atoms with van der Waals surface area (Å²) >= 11 is 0. The largest absolute Gasteiger partial charge is 0.497 e. The van der Waals surface area contributed by atoms with Crippen molar-refractivity contribution >= 4 is 11.6 Å². The average molecular weight is 285 g/mol. The maximum Gasteiger partial charge on any atom is 0.231 e. The number of amides is 1. The topological polar surface area (TPSA) is 56.8 Å². The highest BCUT2D eigenvalue weighted by Crippen LogP contribution is 2.32. The van der Waals surface area contributed by atoms with Crippen molar-refractivity contribution in [2.75, 3.05) is 19.2 Å². The number of rotatable bonds is 4. The van der Waals surface area contributed by atoms with Gasteiger partial charge in [-0.3, -0.25) is 4.79 Å². The summed E-state index contributed by atoms with van der Waals surface area (Å²) in [7, 11) is 1.59. The number of methoxy groups -OCH3 is 1. The van der Waals surface area contributed by atoms with Crippen LogP contribution < -0.4 is 19.5 Å². The van der Waals surface area contributed by atoms with Crippen LogP contribution in [0.25, 0.3) is 0 Å². The summed E-state index contributed by atoms with van der Waals surface area (Å²) < 4.78 is 15.7. The van der Waals surface area contributed by atoms with Gasteiger partial charge in [0, 0.05) is 11.8 Å². The van der Waals surface area contributed by atoms with Crippen molar-refractivity contribution in [2.24, 2.45) is 0 Å². The van der Waals surface area contributed by atoms with Gasteiger partial charge >= 0.3 is 0 Å². The smallest absolute Gasteiger partial charge is 0.231 e. The third-order valence-electron chi connectivity index (χ3n) is 3.16. The zero-order valence-electron chi connectivity index (χ0n) is 11.6. The van der Waals surface area contributed by atoms with Gasteiger partial charge in [0.15, 0.2) is 11.5 Å². The first-order chi connectivity index (χ1) is 10.2. The Balaban J connectivity index is 1.66. The van der Waals surface area contributed by atoms with Gasteiger partial charge in [0.2, 0.25) is 12.7 Å². The van der Waals surface area contributed by atoms with E-state index in [0.717, 1.165) is 5.56 Å². The Labute approximate surface area is 122 Å². The molecule has 1 N–H and O–H groups in total. The van der Waals surface area contributed by atoms with Gasteiger partial charge in [0.1, 0.15) is 5.75 Å². The highest BCUT2D eigenvalue weighted by Gasteiger charge is 2.14. The number of hydrogen-bond acceptors (Lipinski definition) is 4. The predicted molar refractivity (Wildman–Crippen MR) is 77.9 cm³/mol. The second kappa shape index (κ2) is 5.75. The van der Waals surface area contributed by atoms with Crippen LogP contribution in [0.1, 0.15) is 5.56 Å². The molecule has 0 atom stereocenters. The zero-order valence-corrected chi connectivity index (χ0v) is 11.6. The Morgan fingerprint density at radius 3 is 2.90 bits per heavy atom. The number of hydrogen-bond donors (Lipinski definition) is 1. The third kappa shape index (κ3) is 3.08. The molecule has 1 amide bonds. The Morgan fingerprint density at radius 2 is 2.05 bits per heavy atom. The minimum Gasteiger partial charge on any atom is -0.497 e. The molecule has 0 spiro atoms. The van der Waals surface area contributed by atoms with E-state index in [1.807, 2.05) is 36.4 Å². The third-order valence-corrected chi connectivity index (χ3v) is 3.16. The van der Waals surface area contributed by atoms with Crippen LogP contribution in [0.2, 0.25) is 0 Å². The molecule has 5 heteroatoms. The van der Waals surface area contributed by atoms with E-state index in [1.54, 1.807) is 13.2 Å². The highest BCUT2D eigenvalue weighted by molar-refractivity contribution is 5.92. The van der Waals surface area contributed by atoms with Gasteiger partial charge in [-0.05, 0) is 29.8 Å². The van der Waals surface area contributed by atoms with Crippen LogP contribution in [-0.2, 0) is 11.2 Å². The normalized spacial score (nSPS) is 12.0. The molecule has 0 saturated carbocycles. The van der Waals surface area contributed by atoms with Crippen LogP contribution in [0.5, 0.6) is 17.2 Å². The summed E-state index contributed by atoms with van der Waals surface area (Å²) in [6, 6.07) is 12.8. The standard InChI is InChI=1S/C16H15NO4/c1-19-13-4-2-3-12(9-13)17-16(18)8-11-5-6-14-15(7-11)21-10-20-14/h2-7,9H,8,10H2,1H3,(H,17,18). The second-order valence-corrected chi connectivity index (χ2v) is 4.64. The van der Waals surface area contributed by atoms with Crippen molar-refractivity contribution in [3.05, 3.63) is 48.0 Å². The first-order valence-corrected chi connectivity index (χ1v) is 6.57. The summed E-state index contributed by atoms with van der Waals surface area (Å²) in [5.41, 5.74) is 1.58. The number of carbonyl (C=O) groups is 1. The molecule has 2 aromatic rings. The number of nitrogens with one attached hydrogen (secondary N) is 1. The summed E-state index contributed by atoms with van der Waals surface area (Å²) in [4.78, 5) is 12.1. The van der Waals surface area contributed by atoms with E-state index in [2.05, 4.69) is 5.32 Å². The van der Waals surface area contributed by atoms with Crippen molar-refractivity contribution in [3.63, 3.8) is 0 Å². The Hall–Kier alpha value is -2.69. The SMILES string of the molecule is COc1cccc(NC(=O)Cc2ccc3c(c2)OCO3)c1. The summed E-state index contributed by atoms with van der Waals surface area (Å²) in [5.74, 6) is 2.01. The fourth-order valence-electron chi connectivity index (χ4n) is 2.14. The summed E-state index contributed by atoms with van der Waals surface area (Å²) in [5, 5.41) is 2.84. The number of fused-ring (bicyclic) bond motifs is 1. The monoisotopic (exact) mass is 285 g/mol. The molecule has 5 nitrogen and oxygen atoms in total. The van der Waals surface area contributed by atoms with Crippen LogP contribution >= 0.6 is 0 Å². The molecule has 0 unspecified atom stereocenters. The zero-order chi connectivity index (χ0) is 14.7. The maximum atomic E-state index is 12.1. The molecule has 0 aromatic heterocycles. The minimum absolute atomic E-state index is 0.0953. The molecule has 1 aliphatic heterocycles. The van der Waals surface area contributed by atoms with E-state index in [-0.39, 0.29) is 19.1 Å². The van der Waals surface area contributed by atoms with Crippen LogP contribution in [0.15, 0.2) is 42.5 Å². The molecule has 21 heavy (non-hydrogen) atoms. The van der Waals surface area contributed by atoms with E-state index in [9.17, 15) is 4.79 Å². The molecule has 0 radical (unpaired) electrons. The van der Waals surface area contributed by atoms with Gasteiger partial charge in [-0.2, -0.15) is 0 Å². The summed E-state index contributed by atoms with van der Waals surface area (Å²) in [6.45, 7) is 0.231. The van der Waals surface area contributed by atoms with Gasteiger partial charge in [-0.15, -0.1) is 0 Å². The van der Waals surface area contributed by atoms with Crippen molar-refractivity contribution in [1.82, 2.24) is 0 Å². The fourth-order valence-corrected chi connectivity index (χ4v) is 2.14. The second-order valence-electron chi connectivity index (χ2n) is 4.64. The lowest BCUT2D eigenvalue weighted by Gasteiger charge is -2.07. The van der Waals surface area contributed by atoms with Crippen LogP contribution in [0, 0.1) is 0 Å². The molecule has 3 rings (SSSR count). The predicted octanol–water partition coefficient (Wildman–Crippen LogP) is 2.61. The van der Waals surface area contributed by atoms with Crippen molar-refractivity contribution in [2.45, 2.75) is 6.42 Å². The fraction of sp³-hybridized carbons (Fsp3) is 0.188. The molecule has 0 saturated heterocycles. The number of ether oxygens (including phenoxy) is 3. The Kier molecular flexibility index (Phi) is 3.64. The van der Waals surface area contributed by atoms with Crippen molar-refractivity contribution in [3.8, 4) is 17.2 Å². The summed E-state index contributed by atoms with van der Waals surface area (Å²) in [6.07, 6.45) is 0.272. The average Bonchev–Trinajstić information content (AvgIpc) is 2.95. The van der Waals surface area contributed by atoms with E-state index in [4.69, 9.17) is 14.2 Å². The van der Waals surface area contributed by atoms with E-state index in [1.165, 1.54) is 0 Å². The molecular weight excluding hydrogens is 270 g/mol. The first kappa shape index (κ1) is 13.3.